The summed E-state index contributed by atoms with van der Waals surface area (Å²) in [6.45, 7) is 8.95. The lowest BCUT2D eigenvalue weighted by molar-refractivity contribution is 0.102. The fourth-order valence-electron chi connectivity index (χ4n) is 3.19. The van der Waals surface area contributed by atoms with Crippen LogP contribution in [0.25, 0.3) is 11.3 Å². The first-order valence-electron chi connectivity index (χ1n) is 10.5. The number of rotatable bonds is 10. The standard InChI is InChI=1S/C24H28N2O5S/c1-6-29-20-12-17(13-21(30-7-2)22(20)31-8-3)23(27)26-24-25-18(14-32-24)16-9-10-19(28-5)15(4)11-16/h9-14H,6-8H2,1-5H3,(H,25,26,27). The van der Waals surface area contributed by atoms with Gasteiger partial charge in [0.2, 0.25) is 5.75 Å². The SMILES string of the molecule is CCOc1cc(C(=O)Nc2nc(-c3ccc(OC)c(C)c3)cs2)cc(OCC)c1OCC. The van der Waals surface area contributed by atoms with Gasteiger partial charge in [0, 0.05) is 16.5 Å². The summed E-state index contributed by atoms with van der Waals surface area (Å²) in [6, 6.07) is 9.18. The van der Waals surface area contributed by atoms with Gasteiger partial charge < -0.3 is 18.9 Å². The van der Waals surface area contributed by atoms with Crippen LogP contribution in [-0.2, 0) is 0 Å². The first kappa shape index (κ1) is 23.4. The number of nitrogens with zero attached hydrogens (tertiary/aromatic N) is 1. The molecule has 1 amide bonds. The molecule has 3 aromatic rings. The molecule has 0 unspecified atom stereocenters. The lowest BCUT2D eigenvalue weighted by Gasteiger charge is -2.16. The molecule has 170 valence electrons. The maximum Gasteiger partial charge on any atom is 0.257 e. The number of amides is 1. The topological polar surface area (TPSA) is 78.9 Å². The molecule has 7 nitrogen and oxygen atoms in total. The molecule has 0 saturated heterocycles. The van der Waals surface area contributed by atoms with Crippen molar-refractivity contribution in [2.24, 2.45) is 0 Å². The van der Waals surface area contributed by atoms with E-state index in [1.54, 1.807) is 19.2 Å². The summed E-state index contributed by atoms with van der Waals surface area (Å²) in [5, 5.41) is 5.28. The Kier molecular flexibility index (Phi) is 7.94. The minimum atomic E-state index is -0.304. The molecule has 0 radical (unpaired) electrons. The van der Waals surface area contributed by atoms with Crippen LogP contribution in [-0.4, -0.2) is 37.8 Å². The van der Waals surface area contributed by atoms with Crippen molar-refractivity contribution >= 4 is 22.4 Å². The molecule has 0 spiro atoms. The number of benzene rings is 2. The lowest BCUT2D eigenvalue weighted by atomic mass is 10.1. The number of nitrogens with one attached hydrogen (secondary N) is 1. The van der Waals surface area contributed by atoms with Gasteiger partial charge >= 0.3 is 0 Å². The normalized spacial score (nSPS) is 10.5. The number of carbonyl (C=O) groups excluding carboxylic acids is 1. The first-order valence-corrected chi connectivity index (χ1v) is 11.4. The Labute approximate surface area is 192 Å². The third kappa shape index (κ3) is 5.31. The van der Waals surface area contributed by atoms with Crippen LogP contribution in [0.15, 0.2) is 35.7 Å². The second-order valence-electron chi connectivity index (χ2n) is 6.78. The zero-order valence-corrected chi connectivity index (χ0v) is 19.8. The van der Waals surface area contributed by atoms with Gasteiger partial charge in [0.05, 0.1) is 32.6 Å². The van der Waals surface area contributed by atoms with Crippen molar-refractivity contribution in [2.75, 3.05) is 32.2 Å². The summed E-state index contributed by atoms with van der Waals surface area (Å²) < 4.78 is 22.4. The van der Waals surface area contributed by atoms with Gasteiger partial charge in [-0.05, 0) is 63.6 Å². The Hall–Kier alpha value is -3.26. The van der Waals surface area contributed by atoms with E-state index in [9.17, 15) is 4.79 Å². The van der Waals surface area contributed by atoms with Crippen LogP contribution < -0.4 is 24.3 Å². The quantitative estimate of drug-likeness (QED) is 0.429. The molecule has 0 aliphatic carbocycles. The highest BCUT2D eigenvalue weighted by molar-refractivity contribution is 7.14. The van der Waals surface area contributed by atoms with Gasteiger partial charge in [0.1, 0.15) is 5.75 Å². The van der Waals surface area contributed by atoms with Crippen molar-refractivity contribution in [2.45, 2.75) is 27.7 Å². The summed E-state index contributed by atoms with van der Waals surface area (Å²) in [7, 11) is 1.65. The molecule has 0 aliphatic rings. The number of thiazole rings is 1. The average molecular weight is 457 g/mol. The van der Waals surface area contributed by atoms with E-state index < -0.39 is 0 Å². The maximum absolute atomic E-state index is 13.0. The van der Waals surface area contributed by atoms with Crippen LogP contribution >= 0.6 is 11.3 Å². The minimum absolute atomic E-state index is 0.304. The van der Waals surface area contributed by atoms with Gasteiger partial charge in [0.25, 0.3) is 5.91 Å². The molecule has 0 atom stereocenters. The Bertz CT molecular complexity index is 1050. The molecular weight excluding hydrogens is 428 g/mol. The van der Waals surface area contributed by atoms with Crippen molar-refractivity contribution < 1.29 is 23.7 Å². The van der Waals surface area contributed by atoms with E-state index in [1.165, 1.54) is 11.3 Å². The van der Waals surface area contributed by atoms with E-state index in [1.807, 2.05) is 51.3 Å². The van der Waals surface area contributed by atoms with E-state index in [4.69, 9.17) is 18.9 Å². The van der Waals surface area contributed by atoms with Crippen molar-refractivity contribution in [1.29, 1.82) is 0 Å². The summed E-state index contributed by atoms with van der Waals surface area (Å²) in [5.41, 5.74) is 3.16. The van der Waals surface area contributed by atoms with Gasteiger partial charge in [-0.15, -0.1) is 11.3 Å². The molecule has 0 fully saturated rings. The number of anilines is 1. The van der Waals surface area contributed by atoms with Gasteiger partial charge in [-0.2, -0.15) is 0 Å². The summed E-state index contributed by atoms with van der Waals surface area (Å²) in [5.74, 6) is 1.96. The highest BCUT2D eigenvalue weighted by atomic mass is 32.1. The number of hydrogen-bond acceptors (Lipinski definition) is 7. The Balaban J connectivity index is 1.85. The lowest BCUT2D eigenvalue weighted by Crippen LogP contribution is -2.13. The van der Waals surface area contributed by atoms with Crippen molar-refractivity contribution in [1.82, 2.24) is 4.98 Å². The van der Waals surface area contributed by atoms with Gasteiger partial charge in [0.15, 0.2) is 16.6 Å². The van der Waals surface area contributed by atoms with Crippen molar-refractivity contribution in [3.05, 3.63) is 46.8 Å². The molecule has 1 N–H and O–H groups in total. The number of aryl methyl sites for hydroxylation is 1. The van der Waals surface area contributed by atoms with E-state index in [2.05, 4.69) is 10.3 Å². The van der Waals surface area contributed by atoms with Crippen molar-refractivity contribution in [3.8, 4) is 34.3 Å². The average Bonchev–Trinajstić information content (AvgIpc) is 3.24. The number of carbonyl (C=O) groups is 1. The molecule has 1 aromatic heterocycles. The monoisotopic (exact) mass is 456 g/mol. The van der Waals surface area contributed by atoms with Crippen LogP contribution in [0.5, 0.6) is 23.0 Å². The van der Waals surface area contributed by atoms with Gasteiger partial charge in [-0.1, -0.05) is 0 Å². The fourth-order valence-corrected chi connectivity index (χ4v) is 3.91. The van der Waals surface area contributed by atoms with E-state index in [0.29, 0.717) is 47.8 Å². The molecule has 8 heteroatoms. The first-order chi connectivity index (χ1) is 15.5. The number of hydrogen-bond donors (Lipinski definition) is 1. The summed E-state index contributed by atoms with van der Waals surface area (Å²) in [6.07, 6.45) is 0. The van der Waals surface area contributed by atoms with E-state index >= 15 is 0 Å². The minimum Gasteiger partial charge on any atom is -0.496 e. The Morgan fingerprint density at radius 1 is 0.969 bits per heavy atom. The van der Waals surface area contributed by atoms with E-state index in [0.717, 1.165) is 22.6 Å². The van der Waals surface area contributed by atoms with Crippen LogP contribution in [0.1, 0.15) is 36.7 Å². The molecule has 3 rings (SSSR count). The third-order valence-corrected chi connectivity index (χ3v) is 5.34. The fraction of sp³-hybridized carbons (Fsp3) is 0.333. The molecule has 32 heavy (non-hydrogen) atoms. The highest BCUT2D eigenvalue weighted by Crippen LogP contribution is 2.39. The molecule has 0 saturated carbocycles. The second-order valence-corrected chi connectivity index (χ2v) is 7.64. The van der Waals surface area contributed by atoms with Gasteiger partial charge in [-0.25, -0.2) is 4.98 Å². The third-order valence-electron chi connectivity index (χ3n) is 4.59. The van der Waals surface area contributed by atoms with Crippen LogP contribution in [0, 0.1) is 6.92 Å². The molecular formula is C24H28N2O5S. The number of ether oxygens (including phenoxy) is 4. The zero-order valence-electron chi connectivity index (χ0n) is 19.0. The van der Waals surface area contributed by atoms with Crippen LogP contribution in [0.3, 0.4) is 0 Å². The predicted molar refractivity (Wildman–Crippen MR) is 127 cm³/mol. The van der Waals surface area contributed by atoms with Crippen LogP contribution in [0.4, 0.5) is 5.13 Å². The predicted octanol–water partition coefficient (Wildman–Crippen LogP) is 5.58. The molecule has 2 aromatic carbocycles. The van der Waals surface area contributed by atoms with Gasteiger partial charge in [-0.3, -0.25) is 10.1 Å². The summed E-state index contributed by atoms with van der Waals surface area (Å²) >= 11 is 1.36. The maximum atomic E-state index is 13.0. The Morgan fingerprint density at radius 3 is 2.19 bits per heavy atom. The largest absolute Gasteiger partial charge is 0.496 e. The second kappa shape index (κ2) is 10.9. The number of aromatic nitrogens is 1. The zero-order chi connectivity index (χ0) is 23.1. The molecule has 0 aliphatic heterocycles. The number of methoxy groups -OCH3 is 1. The highest BCUT2D eigenvalue weighted by Gasteiger charge is 2.19. The Morgan fingerprint density at radius 2 is 1.62 bits per heavy atom. The molecule has 0 bridgehead atoms. The van der Waals surface area contributed by atoms with Crippen molar-refractivity contribution in [3.63, 3.8) is 0 Å². The van der Waals surface area contributed by atoms with Crippen LogP contribution in [0.2, 0.25) is 0 Å². The van der Waals surface area contributed by atoms with E-state index in [-0.39, 0.29) is 5.91 Å². The smallest absolute Gasteiger partial charge is 0.257 e. The molecule has 1 heterocycles. The summed E-state index contributed by atoms with van der Waals surface area (Å²) in [4.78, 5) is 17.5.